The third-order valence-electron chi connectivity index (χ3n) is 3.37. The van der Waals surface area contributed by atoms with Crippen LogP contribution in [0.2, 0.25) is 0 Å². The van der Waals surface area contributed by atoms with Gasteiger partial charge in [-0.15, -0.1) is 0 Å². The Hall–Kier alpha value is -1.21. The minimum atomic E-state index is -0.472. The molecule has 1 aromatic carbocycles. The van der Waals surface area contributed by atoms with Gasteiger partial charge in [0.05, 0.1) is 5.56 Å². The summed E-state index contributed by atoms with van der Waals surface area (Å²) in [5.41, 5.74) is 5.28. The molecule has 0 aromatic heterocycles. The van der Waals surface area contributed by atoms with Crippen molar-refractivity contribution in [3.63, 3.8) is 0 Å². The second kappa shape index (κ2) is 10.5. The van der Waals surface area contributed by atoms with Crippen LogP contribution in [0.1, 0.15) is 49.9 Å². The van der Waals surface area contributed by atoms with Gasteiger partial charge in [0.2, 0.25) is 0 Å². The summed E-state index contributed by atoms with van der Waals surface area (Å²) in [5.74, 6) is -0.425. The Kier molecular flexibility index (Phi) is 9.09. The predicted octanol–water partition coefficient (Wildman–Crippen LogP) is 3.91. The van der Waals surface area contributed by atoms with Gasteiger partial charge in [0.25, 0.3) is 5.91 Å². The molecule has 0 aliphatic heterocycles. The lowest BCUT2D eigenvalue weighted by atomic mass is 10.0. The monoisotopic (exact) mass is 403 g/mol. The minimum Gasteiger partial charge on any atom is -0.361 e. The number of hydrogen-bond donors (Lipinski definition) is 3. The van der Waals surface area contributed by atoms with E-state index < -0.39 is 11.7 Å². The summed E-state index contributed by atoms with van der Waals surface area (Å²) in [6.45, 7) is 5.09. The Morgan fingerprint density at radius 2 is 2.09 bits per heavy atom. The number of thiocarbonyl (C=S) groups is 1. The van der Waals surface area contributed by atoms with Gasteiger partial charge in [-0.3, -0.25) is 15.6 Å². The zero-order valence-electron chi connectivity index (χ0n) is 13.4. The summed E-state index contributed by atoms with van der Waals surface area (Å²) in [7, 11) is 0. The van der Waals surface area contributed by atoms with E-state index in [0.29, 0.717) is 15.5 Å². The Morgan fingerprint density at radius 1 is 1.35 bits per heavy atom. The van der Waals surface area contributed by atoms with Crippen molar-refractivity contribution >= 4 is 39.2 Å². The Balaban J connectivity index is 2.32. The van der Waals surface area contributed by atoms with Crippen molar-refractivity contribution in [2.45, 2.75) is 39.5 Å². The molecule has 1 rings (SSSR count). The van der Waals surface area contributed by atoms with Crippen LogP contribution in [-0.4, -0.2) is 17.6 Å². The number of carbonyl (C=O) groups excluding carboxylic acids is 1. The molecule has 128 valence electrons. The highest BCUT2D eigenvalue weighted by Gasteiger charge is 2.11. The molecule has 3 N–H and O–H groups in total. The average Bonchev–Trinajstić information content (AvgIpc) is 2.53. The van der Waals surface area contributed by atoms with Gasteiger partial charge in [-0.2, -0.15) is 0 Å². The Labute approximate surface area is 150 Å². The van der Waals surface area contributed by atoms with Crippen LogP contribution in [0, 0.1) is 11.7 Å². The lowest BCUT2D eigenvalue weighted by Crippen LogP contribution is -2.47. The normalized spacial score (nSPS) is 11.7. The zero-order valence-corrected chi connectivity index (χ0v) is 15.8. The smallest absolute Gasteiger partial charge is 0.270 e. The number of amides is 1. The first-order valence-electron chi connectivity index (χ1n) is 7.73. The van der Waals surface area contributed by atoms with Crippen molar-refractivity contribution in [2.75, 3.05) is 6.54 Å². The second-order valence-corrected chi connectivity index (χ2v) is 6.78. The molecule has 0 saturated carbocycles. The summed E-state index contributed by atoms with van der Waals surface area (Å²) in [6, 6.07) is 3.92. The lowest BCUT2D eigenvalue weighted by Gasteiger charge is -2.15. The number of hydrogen-bond acceptors (Lipinski definition) is 2. The van der Waals surface area contributed by atoms with Gasteiger partial charge in [-0.25, -0.2) is 4.39 Å². The number of halogens is 2. The molecule has 0 aliphatic carbocycles. The summed E-state index contributed by atoms with van der Waals surface area (Å²) in [5, 5.41) is 3.40. The molecule has 23 heavy (non-hydrogen) atoms. The van der Waals surface area contributed by atoms with E-state index in [0.717, 1.165) is 19.0 Å². The van der Waals surface area contributed by atoms with Crippen LogP contribution < -0.4 is 16.2 Å². The van der Waals surface area contributed by atoms with E-state index in [1.165, 1.54) is 31.4 Å². The lowest BCUT2D eigenvalue weighted by molar-refractivity contribution is 0.0942. The standard InChI is InChI=1S/C16H23BrFN3OS/c1-3-4-5-6-11(2)10-19-16(23)21-20-15(22)13-9-12(18)7-8-14(13)17/h7-9,11H,3-6,10H2,1-2H3,(H,20,22)(H2,19,21,23)/t11-/m1/s1. The molecule has 0 radical (unpaired) electrons. The van der Waals surface area contributed by atoms with Crippen molar-refractivity contribution in [3.05, 3.63) is 34.1 Å². The molecular weight excluding hydrogens is 381 g/mol. The van der Waals surface area contributed by atoms with Gasteiger partial charge in [0.1, 0.15) is 5.82 Å². The predicted molar refractivity (Wildman–Crippen MR) is 98.6 cm³/mol. The van der Waals surface area contributed by atoms with E-state index in [4.69, 9.17) is 12.2 Å². The molecule has 1 atom stereocenters. The van der Waals surface area contributed by atoms with Crippen LogP contribution in [0.15, 0.2) is 22.7 Å². The number of rotatable bonds is 7. The number of benzene rings is 1. The van der Waals surface area contributed by atoms with Gasteiger partial charge >= 0.3 is 0 Å². The van der Waals surface area contributed by atoms with Crippen LogP contribution in [0.4, 0.5) is 4.39 Å². The van der Waals surface area contributed by atoms with Crippen LogP contribution in [0.3, 0.4) is 0 Å². The van der Waals surface area contributed by atoms with E-state index in [1.54, 1.807) is 0 Å². The SMILES string of the molecule is CCCCC[C@@H](C)CNC(=S)NNC(=O)c1cc(F)ccc1Br. The number of carbonyl (C=O) groups is 1. The molecular formula is C16H23BrFN3OS. The fraction of sp³-hybridized carbons (Fsp3) is 0.500. The molecule has 0 unspecified atom stereocenters. The molecule has 4 nitrogen and oxygen atoms in total. The van der Waals surface area contributed by atoms with E-state index in [-0.39, 0.29) is 5.56 Å². The molecule has 7 heteroatoms. The van der Waals surface area contributed by atoms with Gasteiger partial charge in [0, 0.05) is 11.0 Å². The minimum absolute atomic E-state index is 0.202. The van der Waals surface area contributed by atoms with Crippen LogP contribution >= 0.6 is 28.1 Å². The highest BCUT2D eigenvalue weighted by atomic mass is 79.9. The Bertz CT molecular complexity index is 542. The van der Waals surface area contributed by atoms with Gasteiger partial charge < -0.3 is 5.32 Å². The number of unbranched alkanes of at least 4 members (excludes halogenated alkanes) is 2. The van der Waals surface area contributed by atoms with Crippen molar-refractivity contribution < 1.29 is 9.18 Å². The van der Waals surface area contributed by atoms with E-state index >= 15 is 0 Å². The molecule has 1 amide bonds. The summed E-state index contributed by atoms with van der Waals surface area (Å²) >= 11 is 8.33. The molecule has 1 aromatic rings. The first-order chi connectivity index (χ1) is 10.9. The van der Waals surface area contributed by atoms with E-state index in [9.17, 15) is 9.18 Å². The first kappa shape index (κ1) is 19.8. The highest BCUT2D eigenvalue weighted by molar-refractivity contribution is 9.10. The molecule has 0 heterocycles. The van der Waals surface area contributed by atoms with E-state index in [2.05, 4.69) is 45.9 Å². The maximum Gasteiger partial charge on any atom is 0.270 e. The number of nitrogens with one attached hydrogen (secondary N) is 3. The number of hydrazine groups is 1. The van der Waals surface area contributed by atoms with Crippen LogP contribution in [-0.2, 0) is 0 Å². The highest BCUT2D eigenvalue weighted by Crippen LogP contribution is 2.17. The average molecular weight is 404 g/mol. The third-order valence-corrected chi connectivity index (χ3v) is 4.31. The van der Waals surface area contributed by atoms with Gasteiger partial charge in [0.15, 0.2) is 5.11 Å². The van der Waals surface area contributed by atoms with Crippen molar-refractivity contribution in [2.24, 2.45) is 5.92 Å². The van der Waals surface area contributed by atoms with E-state index in [1.807, 2.05) is 0 Å². The van der Waals surface area contributed by atoms with Crippen molar-refractivity contribution in [3.8, 4) is 0 Å². The largest absolute Gasteiger partial charge is 0.361 e. The van der Waals surface area contributed by atoms with Gasteiger partial charge in [-0.1, -0.05) is 33.1 Å². The van der Waals surface area contributed by atoms with Crippen LogP contribution in [0.25, 0.3) is 0 Å². The summed E-state index contributed by atoms with van der Waals surface area (Å²) in [6.07, 6.45) is 4.81. The van der Waals surface area contributed by atoms with Crippen molar-refractivity contribution in [1.29, 1.82) is 0 Å². The third kappa shape index (κ3) is 7.74. The van der Waals surface area contributed by atoms with Gasteiger partial charge in [-0.05, 0) is 58.7 Å². The Morgan fingerprint density at radius 3 is 2.78 bits per heavy atom. The summed E-state index contributed by atoms with van der Waals surface area (Å²) in [4.78, 5) is 12.0. The topological polar surface area (TPSA) is 53.2 Å². The molecule has 0 spiro atoms. The summed E-state index contributed by atoms with van der Waals surface area (Å²) < 4.78 is 13.7. The molecule has 0 aliphatic rings. The quantitative estimate of drug-likeness (QED) is 0.367. The zero-order chi connectivity index (χ0) is 17.2. The molecule has 0 fully saturated rings. The molecule has 0 bridgehead atoms. The fourth-order valence-electron chi connectivity index (χ4n) is 2.01. The van der Waals surface area contributed by atoms with Crippen molar-refractivity contribution in [1.82, 2.24) is 16.2 Å². The van der Waals surface area contributed by atoms with Crippen LogP contribution in [0.5, 0.6) is 0 Å². The first-order valence-corrected chi connectivity index (χ1v) is 8.93. The maximum absolute atomic E-state index is 13.2. The molecule has 0 saturated heterocycles. The second-order valence-electron chi connectivity index (χ2n) is 5.51. The fourth-order valence-corrected chi connectivity index (χ4v) is 2.57. The maximum atomic E-state index is 13.2.